The molecule has 2 amide bonds. The molecule has 0 unspecified atom stereocenters. The van der Waals surface area contributed by atoms with E-state index >= 15 is 0 Å². The topological polar surface area (TPSA) is 111 Å². The van der Waals surface area contributed by atoms with Gasteiger partial charge >= 0.3 is 5.69 Å². The third-order valence-corrected chi connectivity index (χ3v) is 3.01. The minimum atomic E-state index is -0.736. The largest absolute Gasteiger partial charge is 0.487 e. The van der Waals surface area contributed by atoms with Crippen LogP contribution in [-0.4, -0.2) is 35.9 Å². The normalized spacial score (nSPS) is 11.4. The van der Waals surface area contributed by atoms with Gasteiger partial charge in [0.25, 0.3) is 5.91 Å². The standard InChI is InChI=1S/C15H21N3O5/c1-4-8-16-14(19)10(3)17-15(20)11-6-7-13(23-5-2)12(9-11)18(21)22/h6-7,9-10H,4-5,8H2,1-3H3,(H,16,19)(H,17,20)/t10-/m1/s1. The molecule has 1 aromatic carbocycles. The van der Waals surface area contributed by atoms with E-state index in [9.17, 15) is 19.7 Å². The molecular weight excluding hydrogens is 302 g/mol. The molecule has 2 N–H and O–H groups in total. The second kappa shape index (κ2) is 8.72. The predicted octanol–water partition coefficient (Wildman–Crippen LogP) is 1.64. The third-order valence-electron chi connectivity index (χ3n) is 3.01. The van der Waals surface area contributed by atoms with Gasteiger partial charge < -0.3 is 15.4 Å². The van der Waals surface area contributed by atoms with Gasteiger partial charge in [-0.05, 0) is 32.4 Å². The van der Waals surface area contributed by atoms with E-state index in [1.807, 2.05) is 6.92 Å². The molecule has 0 aromatic heterocycles. The zero-order valence-corrected chi connectivity index (χ0v) is 13.4. The number of nitro benzene ring substituents is 1. The molecule has 1 atom stereocenters. The van der Waals surface area contributed by atoms with Crippen molar-refractivity contribution in [1.29, 1.82) is 0 Å². The summed E-state index contributed by atoms with van der Waals surface area (Å²) in [5, 5.41) is 16.2. The minimum absolute atomic E-state index is 0.0929. The lowest BCUT2D eigenvalue weighted by molar-refractivity contribution is -0.385. The van der Waals surface area contributed by atoms with Crippen LogP contribution in [0.3, 0.4) is 0 Å². The summed E-state index contributed by atoms with van der Waals surface area (Å²) in [4.78, 5) is 34.3. The Labute approximate surface area is 134 Å². The molecule has 23 heavy (non-hydrogen) atoms. The Balaban J connectivity index is 2.85. The van der Waals surface area contributed by atoms with Crippen molar-refractivity contribution in [2.24, 2.45) is 0 Å². The lowest BCUT2D eigenvalue weighted by Gasteiger charge is -2.14. The minimum Gasteiger partial charge on any atom is -0.487 e. The second-order valence-electron chi connectivity index (χ2n) is 4.86. The smallest absolute Gasteiger partial charge is 0.311 e. The van der Waals surface area contributed by atoms with Crippen molar-refractivity contribution in [3.8, 4) is 5.75 Å². The molecule has 0 saturated heterocycles. The SMILES string of the molecule is CCCNC(=O)[C@@H](C)NC(=O)c1ccc(OCC)c([N+](=O)[O-])c1. The van der Waals surface area contributed by atoms with Crippen LogP contribution in [0.1, 0.15) is 37.6 Å². The summed E-state index contributed by atoms with van der Waals surface area (Å²) >= 11 is 0. The van der Waals surface area contributed by atoms with Crippen molar-refractivity contribution < 1.29 is 19.2 Å². The molecule has 0 heterocycles. The zero-order valence-electron chi connectivity index (χ0n) is 13.4. The van der Waals surface area contributed by atoms with Crippen LogP contribution in [0, 0.1) is 10.1 Å². The molecule has 0 aliphatic rings. The monoisotopic (exact) mass is 323 g/mol. The molecule has 1 aromatic rings. The average molecular weight is 323 g/mol. The summed E-state index contributed by atoms with van der Waals surface area (Å²) in [6.07, 6.45) is 0.789. The molecule has 0 fully saturated rings. The maximum atomic E-state index is 12.1. The highest BCUT2D eigenvalue weighted by Gasteiger charge is 2.21. The summed E-state index contributed by atoms with van der Waals surface area (Å²) in [5.74, 6) is -0.765. The Kier molecular flexibility index (Phi) is 6.98. The van der Waals surface area contributed by atoms with E-state index in [4.69, 9.17) is 4.74 Å². The number of nitro groups is 1. The second-order valence-corrected chi connectivity index (χ2v) is 4.86. The van der Waals surface area contributed by atoms with Gasteiger partial charge in [-0.1, -0.05) is 6.92 Å². The number of hydrogen-bond acceptors (Lipinski definition) is 5. The number of nitrogens with zero attached hydrogens (tertiary/aromatic N) is 1. The fraction of sp³-hybridized carbons (Fsp3) is 0.467. The van der Waals surface area contributed by atoms with E-state index in [2.05, 4.69) is 10.6 Å². The van der Waals surface area contributed by atoms with Crippen molar-refractivity contribution >= 4 is 17.5 Å². The van der Waals surface area contributed by atoms with Crippen LogP contribution in [-0.2, 0) is 4.79 Å². The summed E-state index contributed by atoms with van der Waals surface area (Å²) in [6, 6.07) is 3.19. The summed E-state index contributed by atoms with van der Waals surface area (Å²) in [7, 11) is 0. The van der Waals surface area contributed by atoms with E-state index in [0.29, 0.717) is 6.54 Å². The van der Waals surface area contributed by atoms with Crippen LogP contribution in [0.4, 0.5) is 5.69 Å². The van der Waals surface area contributed by atoms with Crippen LogP contribution in [0.15, 0.2) is 18.2 Å². The van der Waals surface area contributed by atoms with Crippen molar-refractivity contribution in [2.75, 3.05) is 13.2 Å². The Bertz CT molecular complexity index is 588. The fourth-order valence-corrected chi connectivity index (χ4v) is 1.83. The van der Waals surface area contributed by atoms with E-state index in [1.54, 1.807) is 13.8 Å². The molecule has 8 nitrogen and oxygen atoms in total. The van der Waals surface area contributed by atoms with Gasteiger partial charge in [-0.3, -0.25) is 19.7 Å². The molecule has 0 radical (unpaired) electrons. The molecule has 0 bridgehead atoms. The number of carbonyl (C=O) groups is 2. The quantitative estimate of drug-likeness (QED) is 0.558. The summed E-state index contributed by atoms with van der Waals surface area (Å²) in [5.41, 5.74) is -0.196. The number of rotatable bonds is 8. The lowest BCUT2D eigenvalue weighted by Crippen LogP contribution is -2.45. The van der Waals surface area contributed by atoms with Gasteiger partial charge in [-0.2, -0.15) is 0 Å². The number of benzene rings is 1. The fourth-order valence-electron chi connectivity index (χ4n) is 1.83. The van der Waals surface area contributed by atoms with Gasteiger partial charge in [-0.15, -0.1) is 0 Å². The lowest BCUT2D eigenvalue weighted by atomic mass is 10.1. The first-order valence-electron chi connectivity index (χ1n) is 7.40. The van der Waals surface area contributed by atoms with Crippen LogP contribution < -0.4 is 15.4 Å². The van der Waals surface area contributed by atoms with Gasteiger partial charge in [0, 0.05) is 18.2 Å². The van der Waals surface area contributed by atoms with Crippen LogP contribution in [0.25, 0.3) is 0 Å². The Morgan fingerprint density at radius 1 is 1.35 bits per heavy atom. The average Bonchev–Trinajstić information content (AvgIpc) is 2.52. The first-order valence-corrected chi connectivity index (χ1v) is 7.40. The van der Waals surface area contributed by atoms with E-state index in [1.165, 1.54) is 12.1 Å². The van der Waals surface area contributed by atoms with Crippen LogP contribution in [0.2, 0.25) is 0 Å². The van der Waals surface area contributed by atoms with E-state index < -0.39 is 16.9 Å². The molecule has 8 heteroatoms. The predicted molar refractivity (Wildman–Crippen MR) is 84.5 cm³/mol. The summed E-state index contributed by atoms with van der Waals surface area (Å²) in [6.45, 7) is 5.98. The number of amides is 2. The highest BCUT2D eigenvalue weighted by atomic mass is 16.6. The van der Waals surface area contributed by atoms with Crippen molar-refractivity contribution in [3.63, 3.8) is 0 Å². The highest BCUT2D eigenvalue weighted by molar-refractivity contribution is 5.98. The maximum absolute atomic E-state index is 12.1. The number of nitrogens with one attached hydrogen (secondary N) is 2. The number of carbonyl (C=O) groups excluding carboxylic acids is 2. The number of hydrogen-bond donors (Lipinski definition) is 2. The van der Waals surface area contributed by atoms with Crippen molar-refractivity contribution in [3.05, 3.63) is 33.9 Å². The summed E-state index contributed by atoms with van der Waals surface area (Å²) < 4.78 is 5.16. The van der Waals surface area contributed by atoms with Gasteiger partial charge in [0.05, 0.1) is 11.5 Å². The molecule has 0 spiro atoms. The molecule has 1 rings (SSSR count). The first-order chi connectivity index (χ1) is 10.9. The third kappa shape index (κ3) is 5.24. The van der Waals surface area contributed by atoms with Crippen molar-refractivity contribution in [2.45, 2.75) is 33.2 Å². The Hall–Kier alpha value is -2.64. The highest BCUT2D eigenvalue weighted by Crippen LogP contribution is 2.27. The molecular formula is C15H21N3O5. The van der Waals surface area contributed by atoms with Gasteiger partial charge in [-0.25, -0.2) is 0 Å². The molecule has 126 valence electrons. The van der Waals surface area contributed by atoms with Crippen LogP contribution >= 0.6 is 0 Å². The van der Waals surface area contributed by atoms with Gasteiger partial charge in [0.15, 0.2) is 5.75 Å². The first kappa shape index (κ1) is 18.4. The van der Waals surface area contributed by atoms with E-state index in [-0.39, 0.29) is 29.5 Å². The Morgan fingerprint density at radius 3 is 2.61 bits per heavy atom. The van der Waals surface area contributed by atoms with Gasteiger partial charge in [0.1, 0.15) is 6.04 Å². The van der Waals surface area contributed by atoms with Gasteiger partial charge in [0.2, 0.25) is 5.91 Å². The van der Waals surface area contributed by atoms with E-state index in [0.717, 1.165) is 12.5 Å². The molecule has 0 aliphatic heterocycles. The number of ether oxygens (including phenoxy) is 1. The molecule has 0 aliphatic carbocycles. The maximum Gasteiger partial charge on any atom is 0.311 e. The van der Waals surface area contributed by atoms with Crippen molar-refractivity contribution in [1.82, 2.24) is 10.6 Å². The Morgan fingerprint density at radius 2 is 2.04 bits per heavy atom. The molecule has 0 saturated carbocycles. The van der Waals surface area contributed by atoms with Crippen LogP contribution in [0.5, 0.6) is 5.75 Å². The zero-order chi connectivity index (χ0) is 17.4.